The van der Waals surface area contributed by atoms with E-state index in [0.29, 0.717) is 31.2 Å². The minimum atomic E-state index is -2.81. The van der Waals surface area contributed by atoms with Gasteiger partial charge in [-0.3, -0.25) is 4.57 Å². The highest BCUT2D eigenvalue weighted by atomic mass is 31.2. The Labute approximate surface area is 87.7 Å². The average Bonchev–Trinajstić information content (AvgIpc) is 2.11. The monoisotopic (exact) mass is 222 g/mol. The van der Waals surface area contributed by atoms with Crippen molar-refractivity contribution in [3.63, 3.8) is 0 Å². The molecule has 4 heteroatoms. The summed E-state index contributed by atoms with van der Waals surface area (Å²) < 4.78 is 22.6. The normalized spacial score (nSPS) is 12.8. The van der Waals surface area contributed by atoms with Crippen molar-refractivity contribution in [1.82, 2.24) is 0 Å². The molecule has 0 saturated heterocycles. The van der Waals surface area contributed by atoms with Gasteiger partial charge in [0.1, 0.15) is 0 Å². The van der Waals surface area contributed by atoms with E-state index in [-0.39, 0.29) is 0 Å². The van der Waals surface area contributed by atoms with Crippen LogP contribution in [0.2, 0.25) is 0 Å². The van der Waals surface area contributed by atoms with Gasteiger partial charge in [0.05, 0.1) is 13.2 Å². The van der Waals surface area contributed by atoms with Crippen molar-refractivity contribution in [1.29, 1.82) is 0 Å². The average molecular weight is 222 g/mol. The lowest BCUT2D eigenvalue weighted by Crippen LogP contribution is -2.07. The molecule has 0 spiro atoms. The van der Waals surface area contributed by atoms with Crippen molar-refractivity contribution in [2.45, 2.75) is 34.6 Å². The minimum Gasteiger partial charge on any atom is -0.308 e. The van der Waals surface area contributed by atoms with Crippen molar-refractivity contribution < 1.29 is 13.6 Å². The van der Waals surface area contributed by atoms with Gasteiger partial charge >= 0.3 is 7.60 Å². The second-order valence-electron chi connectivity index (χ2n) is 4.31. The molecular formula is C10H23O3P. The van der Waals surface area contributed by atoms with Crippen LogP contribution in [0.4, 0.5) is 0 Å². The Balaban J connectivity index is 3.98. The van der Waals surface area contributed by atoms with Crippen LogP contribution in [0.15, 0.2) is 0 Å². The number of hydrogen-bond acceptors (Lipinski definition) is 3. The van der Waals surface area contributed by atoms with Gasteiger partial charge in [-0.1, -0.05) is 34.6 Å². The van der Waals surface area contributed by atoms with E-state index in [4.69, 9.17) is 9.05 Å². The Morgan fingerprint density at radius 2 is 1.36 bits per heavy atom. The summed E-state index contributed by atoms with van der Waals surface area (Å²) in [6.45, 7) is 11.0. The van der Waals surface area contributed by atoms with Crippen molar-refractivity contribution >= 4 is 7.60 Å². The van der Waals surface area contributed by atoms with Crippen LogP contribution in [0.25, 0.3) is 0 Å². The Kier molecular flexibility index (Phi) is 6.67. The minimum absolute atomic E-state index is 0.387. The summed E-state index contributed by atoms with van der Waals surface area (Å²) in [7, 11) is -2.81. The maximum absolute atomic E-state index is 11.9. The van der Waals surface area contributed by atoms with Crippen molar-refractivity contribution in [2.75, 3.05) is 19.4 Å². The Morgan fingerprint density at radius 3 is 1.57 bits per heavy atom. The summed E-state index contributed by atoms with van der Waals surface area (Å²) in [6, 6.07) is 0. The predicted molar refractivity (Wildman–Crippen MR) is 59.7 cm³/mol. The largest absolute Gasteiger partial charge is 0.330 e. The van der Waals surface area contributed by atoms with E-state index in [9.17, 15) is 4.57 Å². The van der Waals surface area contributed by atoms with Gasteiger partial charge in [-0.15, -0.1) is 0 Å². The van der Waals surface area contributed by atoms with Crippen LogP contribution in [0, 0.1) is 11.8 Å². The molecule has 0 heterocycles. The van der Waals surface area contributed by atoms with Crippen molar-refractivity contribution in [3.8, 4) is 0 Å². The lowest BCUT2D eigenvalue weighted by Gasteiger charge is -2.19. The van der Waals surface area contributed by atoms with Gasteiger partial charge in [-0.25, -0.2) is 0 Å². The lowest BCUT2D eigenvalue weighted by atomic mass is 10.2. The highest BCUT2D eigenvalue weighted by Crippen LogP contribution is 2.48. The second-order valence-corrected chi connectivity index (χ2v) is 6.68. The first-order valence-electron chi connectivity index (χ1n) is 5.27. The van der Waals surface area contributed by atoms with Crippen LogP contribution in [-0.4, -0.2) is 19.4 Å². The molecule has 0 saturated carbocycles. The Morgan fingerprint density at radius 1 is 1.00 bits per heavy atom. The molecule has 0 amide bonds. The zero-order valence-corrected chi connectivity index (χ0v) is 10.8. The molecule has 0 atom stereocenters. The molecule has 0 aliphatic heterocycles. The summed E-state index contributed by atoms with van der Waals surface area (Å²) in [5, 5.41) is 0. The summed E-state index contributed by atoms with van der Waals surface area (Å²) in [5.74, 6) is 0.773. The molecule has 0 N–H and O–H groups in total. The quantitative estimate of drug-likeness (QED) is 0.618. The molecular weight excluding hydrogens is 199 g/mol. The summed E-state index contributed by atoms with van der Waals surface area (Å²) in [4.78, 5) is 0. The van der Waals surface area contributed by atoms with Gasteiger partial charge in [0.25, 0.3) is 0 Å². The van der Waals surface area contributed by atoms with Gasteiger partial charge in [0.15, 0.2) is 0 Å². The first kappa shape index (κ1) is 14.2. The maximum Gasteiger partial charge on any atom is 0.330 e. The first-order valence-corrected chi connectivity index (χ1v) is 7.00. The van der Waals surface area contributed by atoms with E-state index in [1.54, 1.807) is 0 Å². The number of rotatable bonds is 7. The highest BCUT2D eigenvalue weighted by Gasteiger charge is 2.22. The van der Waals surface area contributed by atoms with Gasteiger partial charge < -0.3 is 9.05 Å². The van der Waals surface area contributed by atoms with Gasteiger partial charge in [0.2, 0.25) is 0 Å². The topological polar surface area (TPSA) is 35.5 Å². The van der Waals surface area contributed by atoms with Crippen LogP contribution in [0.1, 0.15) is 34.6 Å². The molecule has 0 aliphatic carbocycles. The Bertz CT molecular complexity index is 174. The van der Waals surface area contributed by atoms with Gasteiger partial charge in [0, 0.05) is 6.16 Å². The zero-order chi connectivity index (χ0) is 11.2. The van der Waals surface area contributed by atoms with Crippen molar-refractivity contribution in [2.24, 2.45) is 11.8 Å². The van der Waals surface area contributed by atoms with Crippen LogP contribution in [0.3, 0.4) is 0 Å². The molecule has 0 aromatic heterocycles. The molecule has 0 radical (unpaired) electrons. The molecule has 0 fully saturated rings. The molecule has 0 aromatic carbocycles. The molecule has 86 valence electrons. The van der Waals surface area contributed by atoms with Crippen molar-refractivity contribution in [3.05, 3.63) is 0 Å². The molecule has 3 nitrogen and oxygen atoms in total. The molecule has 14 heavy (non-hydrogen) atoms. The molecule has 0 rings (SSSR count). The maximum atomic E-state index is 11.9. The fourth-order valence-electron chi connectivity index (χ4n) is 0.745. The molecule has 0 unspecified atom stereocenters. The fraction of sp³-hybridized carbons (Fsp3) is 1.00. The van der Waals surface area contributed by atoms with Crippen LogP contribution < -0.4 is 0 Å². The Hall–Kier alpha value is 0.150. The summed E-state index contributed by atoms with van der Waals surface area (Å²) in [6.07, 6.45) is 0.451. The lowest BCUT2D eigenvalue weighted by molar-refractivity contribution is 0.174. The standard InChI is InChI=1S/C10H23O3P/c1-6-14(11,12-7-9(2)3)13-8-10(4)5/h9-10H,6-8H2,1-5H3. The van der Waals surface area contributed by atoms with Crippen LogP contribution in [0.5, 0.6) is 0 Å². The highest BCUT2D eigenvalue weighted by molar-refractivity contribution is 7.53. The first-order chi connectivity index (χ1) is 6.39. The fourth-order valence-corrected chi connectivity index (χ4v) is 2.24. The van der Waals surface area contributed by atoms with E-state index < -0.39 is 7.60 Å². The smallest absolute Gasteiger partial charge is 0.308 e. The SMILES string of the molecule is CCP(=O)(OCC(C)C)OCC(C)C. The van der Waals surface area contributed by atoms with E-state index in [1.807, 2.05) is 34.6 Å². The van der Waals surface area contributed by atoms with Crippen LogP contribution >= 0.6 is 7.60 Å². The predicted octanol–water partition coefficient (Wildman–Crippen LogP) is 3.54. The number of hydrogen-bond donors (Lipinski definition) is 0. The van der Waals surface area contributed by atoms with Gasteiger partial charge in [-0.2, -0.15) is 0 Å². The molecule has 0 aromatic rings. The molecule has 0 aliphatic rings. The third-order valence-corrected chi connectivity index (χ3v) is 3.46. The van der Waals surface area contributed by atoms with E-state index in [0.717, 1.165) is 0 Å². The zero-order valence-electron chi connectivity index (χ0n) is 9.95. The van der Waals surface area contributed by atoms with Gasteiger partial charge in [-0.05, 0) is 11.8 Å². The third kappa shape index (κ3) is 6.58. The third-order valence-electron chi connectivity index (χ3n) is 1.60. The summed E-state index contributed by atoms with van der Waals surface area (Å²) >= 11 is 0. The van der Waals surface area contributed by atoms with E-state index >= 15 is 0 Å². The van der Waals surface area contributed by atoms with Crippen LogP contribution in [-0.2, 0) is 13.6 Å². The second kappa shape index (κ2) is 6.60. The van der Waals surface area contributed by atoms with E-state index in [2.05, 4.69) is 0 Å². The summed E-state index contributed by atoms with van der Waals surface area (Å²) in [5.41, 5.74) is 0. The molecule has 0 bridgehead atoms. The van der Waals surface area contributed by atoms with E-state index in [1.165, 1.54) is 0 Å².